The summed E-state index contributed by atoms with van der Waals surface area (Å²) in [5.41, 5.74) is 7.09. The van der Waals surface area contributed by atoms with E-state index < -0.39 is 17.2 Å². The van der Waals surface area contributed by atoms with Crippen LogP contribution in [0.15, 0.2) is 36.2 Å². The number of pyridine rings is 1. The lowest BCUT2D eigenvalue weighted by Crippen LogP contribution is -2.40. The number of hydrogen-bond donors (Lipinski definition) is 4. The number of benzene rings is 1. The monoisotopic (exact) mass is 308 g/mol. The van der Waals surface area contributed by atoms with Gasteiger partial charge in [0, 0.05) is 17.7 Å². The Morgan fingerprint density at radius 2 is 1.95 bits per heavy atom. The highest BCUT2D eigenvalue weighted by molar-refractivity contribution is 5.79. The van der Waals surface area contributed by atoms with Crippen molar-refractivity contribution in [3.05, 3.63) is 53.5 Å². The molecule has 2 rings (SSSR count). The van der Waals surface area contributed by atoms with Crippen LogP contribution in [-0.2, 0) is 5.60 Å². The van der Waals surface area contributed by atoms with Gasteiger partial charge in [-0.15, -0.1) is 0 Å². The molecule has 22 heavy (non-hydrogen) atoms. The molecule has 0 bridgehead atoms. The second kappa shape index (κ2) is 5.86. The van der Waals surface area contributed by atoms with Gasteiger partial charge in [-0.1, -0.05) is 19.9 Å². The highest BCUT2D eigenvalue weighted by atomic mass is 19.2. The van der Waals surface area contributed by atoms with Crippen LogP contribution in [0.3, 0.4) is 0 Å². The Hall–Kier alpha value is -2.25. The predicted octanol–water partition coefficient (Wildman–Crippen LogP) is 1.62. The maximum Gasteiger partial charge on any atom is 0.161 e. The van der Waals surface area contributed by atoms with Gasteiger partial charge >= 0.3 is 0 Å². The molecule has 0 radical (unpaired) electrons. The van der Waals surface area contributed by atoms with Gasteiger partial charge in [0.1, 0.15) is 5.60 Å². The summed E-state index contributed by atoms with van der Waals surface area (Å²) in [5, 5.41) is 11.3. The van der Waals surface area contributed by atoms with E-state index in [9.17, 15) is 13.9 Å². The zero-order chi connectivity index (χ0) is 16.5. The van der Waals surface area contributed by atoms with E-state index in [1.807, 2.05) is 0 Å². The fourth-order valence-electron chi connectivity index (χ4n) is 2.31. The van der Waals surface area contributed by atoms with Crippen LogP contribution in [-0.4, -0.2) is 10.1 Å². The molecule has 118 valence electrons. The Bertz CT molecular complexity index is 733. The van der Waals surface area contributed by atoms with Gasteiger partial charge in [0.15, 0.2) is 11.6 Å². The smallest absolute Gasteiger partial charge is 0.161 e. The van der Waals surface area contributed by atoms with Gasteiger partial charge < -0.3 is 16.3 Å². The molecule has 0 saturated carbocycles. The quantitative estimate of drug-likeness (QED) is 0.508. The molecule has 0 fully saturated rings. The van der Waals surface area contributed by atoms with Gasteiger partial charge in [0.2, 0.25) is 0 Å². The normalized spacial score (nSPS) is 15.1. The van der Waals surface area contributed by atoms with Gasteiger partial charge in [-0.05, 0) is 18.1 Å². The number of nitrogens with two attached hydrogens (primary N) is 2. The Kier molecular flexibility index (Phi) is 4.30. The molecule has 1 aromatic heterocycles. The third-order valence-electron chi connectivity index (χ3n) is 3.64. The highest BCUT2D eigenvalue weighted by Gasteiger charge is 2.37. The second-order valence-electron chi connectivity index (χ2n) is 5.34. The largest absolute Gasteiger partial charge is 0.398 e. The topological polar surface area (TPSA) is 97.2 Å². The standard InChI is InChI=1S/C15H18F2N4O/c1-8(2)15(22,13(18)7-20-19)14-4-3-9-5-10(16)11(17)6-12(9)21-14/h3-8,20,22H,18-19H2,1-2H3/b13-7-. The first-order valence-corrected chi connectivity index (χ1v) is 6.71. The molecule has 1 atom stereocenters. The fourth-order valence-corrected chi connectivity index (χ4v) is 2.31. The SMILES string of the molecule is CC(C)C(O)(/C(N)=C/NN)c1ccc2cc(F)c(F)cc2n1. The van der Waals surface area contributed by atoms with Crippen LogP contribution < -0.4 is 17.0 Å². The summed E-state index contributed by atoms with van der Waals surface area (Å²) in [7, 11) is 0. The molecule has 0 aliphatic heterocycles. The van der Waals surface area contributed by atoms with E-state index in [-0.39, 0.29) is 22.8 Å². The van der Waals surface area contributed by atoms with Crippen molar-refractivity contribution < 1.29 is 13.9 Å². The van der Waals surface area contributed by atoms with Crippen molar-refractivity contribution >= 4 is 10.9 Å². The van der Waals surface area contributed by atoms with Crippen molar-refractivity contribution in [3.8, 4) is 0 Å². The van der Waals surface area contributed by atoms with Crippen LogP contribution in [0.5, 0.6) is 0 Å². The molecule has 0 aliphatic rings. The lowest BCUT2D eigenvalue weighted by atomic mass is 9.83. The van der Waals surface area contributed by atoms with E-state index >= 15 is 0 Å². The number of aliphatic hydroxyl groups is 1. The van der Waals surface area contributed by atoms with Crippen molar-refractivity contribution in [2.24, 2.45) is 17.5 Å². The number of halogens is 2. The average Bonchev–Trinajstić information content (AvgIpc) is 2.47. The number of nitrogens with one attached hydrogen (secondary N) is 1. The molecule has 1 aromatic carbocycles. The molecule has 2 aromatic rings. The number of rotatable bonds is 4. The summed E-state index contributed by atoms with van der Waals surface area (Å²) in [6.45, 7) is 3.52. The molecule has 1 heterocycles. The number of hydrogen-bond acceptors (Lipinski definition) is 5. The molecule has 6 N–H and O–H groups in total. The van der Waals surface area contributed by atoms with Crippen LogP contribution >= 0.6 is 0 Å². The number of fused-ring (bicyclic) bond motifs is 1. The molecule has 0 aliphatic carbocycles. The summed E-state index contributed by atoms with van der Waals surface area (Å²) in [6.07, 6.45) is 1.26. The summed E-state index contributed by atoms with van der Waals surface area (Å²) in [6, 6.07) is 5.11. The predicted molar refractivity (Wildman–Crippen MR) is 80.0 cm³/mol. The molecule has 0 saturated heterocycles. The Morgan fingerprint density at radius 3 is 2.55 bits per heavy atom. The van der Waals surface area contributed by atoms with Crippen LogP contribution in [0.2, 0.25) is 0 Å². The van der Waals surface area contributed by atoms with Crippen LogP contribution in [0.4, 0.5) is 8.78 Å². The number of aromatic nitrogens is 1. The molecule has 0 spiro atoms. The third-order valence-corrected chi connectivity index (χ3v) is 3.64. The number of hydrazine groups is 1. The van der Waals surface area contributed by atoms with E-state index in [1.165, 1.54) is 12.3 Å². The molecule has 1 unspecified atom stereocenters. The minimum Gasteiger partial charge on any atom is -0.398 e. The third kappa shape index (κ3) is 2.60. The molecular formula is C15H18F2N4O. The first-order valence-electron chi connectivity index (χ1n) is 6.71. The van der Waals surface area contributed by atoms with E-state index in [4.69, 9.17) is 11.6 Å². The van der Waals surface area contributed by atoms with Gasteiger partial charge in [-0.2, -0.15) is 0 Å². The van der Waals surface area contributed by atoms with E-state index in [2.05, 4.69) is 10.4 Å². The van der Waals surface area contributed by atoms with Crippen molar-refractivity contribution in [3.63, 3.8) is 0 Å². The summed E-state index contributed by atoms with van der Waals surface area (Å²) >= 11 is 0. The lowest BCUT2D eigenvalue weighted by molar-refractivity contribution is 0.0216. The van der Waals surface area contributed by atoms with Crippen molar-refractivity contribution in [1.82, 2.24) is 10.4 Å². The average molecular weight is 308 g/mol. The van der Waals surface area contributed by atoms with Crippen molar-refractivity contribution in [2.75, 3.05) is 0 Å². The highest BCUT2D eigenvalue weighted by Crippen LogP contribution is 2.34. The first kappa shape index (κ1) is 16.1. The zero-order valence-corrected chi connectivity index (χ0v) is 12.3. The minimum absolute atomic E-state index is 0.0689. The molecular weight excluding hydrogens is 290 g/mol. The van der Waals surface area contributed by atoms with Crippen molar-refractivity contribution in [2.45, 2.75) is 19.4 Å². The molecule has 0 amide bonds. The Labute approximate surface area is 126 Å². The molecule has 7 heteroatoms. The lowest BCUT2D eigenvalue weighted by Gasteiger charge is -2.32. The van der Waals surface area contributed by atoms with E-state index in [0.717, 1.165) is 12.1 Å². The number of nitrogens with zero attached hydrogens (tertiary/aromatic N) is 1. The van der Waals surface area contributed by atoms with Crippen molar-refractivity contribution in [1.29, 1.82) is 0 Å². The Balaban J connectivity index is 2.65. The van der Waals surface area contributed by atoms with Gasteiger partial charge in [-0.25, -0.2) is 13.8 Å². The summed E-state index contributed by atoms with van der Waals surface area (Å²) < 4.78 is 26.6. The van der Waals surface area contributed by atoms with Gasteiger partial charge in [0.25, 0.3) is 0 Å². The van der Waals surface area contributed by atoms with Crippen LogP contribution in [0.25, 0.3) is 10.9 Å². The zero-order valence-electron chi connectivity index (χ0n) is 12.3. The van der Waals surface area contributed by atoms with Gasteiger partial charge in [-0.3, -0.25) is 5.84 Å². The second-order valence-corrected chi connectivity index (χ2v) is 5.34. The molecule has 5 nitrogen and oxygen atoms in total. The maximum absolute atomic E-state index is 13.4. The van der Waals surface area contributed by atoms with Gasteiger partial charge in [0.05, 0.1) is 16.9 Å². The van der Waals surface area contributed by atoms with E-state index in [0.29, 0.717) is 5.39 Å². The minimum atomic E-state index is -1.59. The van der Waals surface area contributed by atoms with Crippen LogP contribution in [0, 0.1) is 17.6 Å². The maximum atomic E-state index is 13.4. The fraction of sp³-hybridized carbons (Fsp3) is 0.267. The van der Waals surface area contributed by atoms with E-state index in [1.54, 1.807) is 19.9 Å². The Morgan fingerprint density at radius 1 is 1.32 bits per heavy atom. The first-order chi connectivity index (χ1) is 10.3. The summed E-state index contributed by atoms with van der Waals surface area (Å²) in [4.78, 5) is 4.23. The summed E-state index contributed by atoms with van der Waals surface area (Å²) in [5.74, 6) is 2.92. The van der Waals surface area contributed by atoms with Crippen LogP contribution in [0.1, 0.15) is 19.5 Å².